The van der Waals surface area contributed by atoms with Gasteiger partial charge in [0.15, 0.2) is 0 Å². The van der Waals surface area contributed by atoms with Crippen LogP contribution in [0, 0.1) is 5.82 Å². The van der Waals surface area contributed by atoms with Crippen LogP contribution in [0.2, 0.25) is 0 Å². The molecule has 0 aliphatic carbocycles. The molecule has 0 spiro atoms. The van der Waals surface area contributed by atoms with Gasteiger partial charge in [0.2, 0.25) is 21.8 Å². The van der Waals surface area contributed by atoms with Crippen molar-refractivity contribution in [2.75, 3.05) is 24.2 Å². The molecule has 0 aromatic heterocycles. The van der Waals surface area contributed by atoms with Crippen molar-refractivity contribution in [2.45, 2.75) is 25.9 Å². The summed E-state index contributed by atoms with van der Waals surface area (Å²) in [6, 6.07) is 17.3. The summed E-state index contributed by atoms with van der Waals surface area (Å²) in [7, 11) is -2.36. The first-order valence-corrected chi connectivity index (χ1v) is 12.7. The van der Waals surface area contributed by atoms with Crippen molar-refractivity contribution in [1.82, 2.24) is 10.2 Å². The number of carbonyl (C=O) groups is 2. The lowest BCUT2D eigenvalue weighted by atomic mass is 10.1. The smallest absolute Gasteiger partial charge is 0.244 e. The number of carbonyl (C=O) groups excluding carboxylic acids is 2. The molecule has 3 rings (SSSR count). The van der Waals surface area contributed by atoms with Crippen LogP contribution in [0.15, 0.2) is 66.7 Å². The van der Waals surface area contributed by atoms with E-state index in [0.717, 1.165) is 15.9 Å². The first-order chi connectivity index (χ1) is 16.2. The molecule has 7 nitrogen and oxygen atoms in total. The molecule has 1 unspecified atom stereocenters. The number of hydrogen-bond donors (Lipinski definition) is 1. The van der Waals surface area contributed by atoms with Crippen molar-refractivity contribution in [2.24, 2.45) is 0 Å². The van der Waals surface area contributed by atoms with Gasteiger partial charge >= 0.3 is 0 Å². The highest BCUT2D eigenvalue weighted by molar-refractivity contribution is 7.92. The third kappa shape index (κ3) is 5.72. The summed E-state index contributed by atoms with van der Waals surface area (Å²) < 4.78 is 40.0. The predicted molar refractivity (Wildman–Crippen MR) is 131 cm³/mol. The van der Waals surface area contributed by atoms with Gasteiger partial charge in [0, 0.05) is 19.0 Å². The number of rotatable bonds is 9. The summed E-state index contributed by atoms with van der Waals surface area (Å²) >= 11 is 0. The minimum atomic E-state index is -3.84. The second-order valence-corrected chi connectivity index (χ2v) is 9.86. The zero-order valence-corrected chi connectivity index (χ0v) is 20.2. The van der Waals surface area contributed by atoms with Gasteiger partial charge in [0.1, 0.15) is 18.4 Å². The van der Waals surface area contributed by atoms with Gasteiger partial charge < -0.3 is 10.2 Å². The Morgan fingerprint density at radius 1 is 1.00 bits per heavy atom. The maximum atomic E-state index is 13.6. The van der Waals surface area contributed by atoms with Crippen LogP contribution in [0.4, 0.5) is 10.1 Å². The monoisotopic (exact) mass is 485 g/mol. The van der Waals surface area contributed by atoms with Crippen molar-refractivity contribution in [3.63, 3.8) is 0 Å². The topological polar surface area (TPSA) is 86.8 Å². The number of amides is 2. The summed E-state index contributed by atoms with van der Waals surface area (Å²) in [6.07, 6.45) is 1.36. The molecular weight excluding hydrogens is 457 g/mol. The molecule has 0 radical (unpaired) electrons. The van der Waals surface area contributed by atoms with Gasteiger partial charge in [-0.1, -0.05) is 55.5 Å². The Morgan fingerprint density at radius 3 is 2.26 bits per heavy atom. The van der Waals surface area contributed by atoms with E-state index in [1.807, 2.05) is 18.2 Å². The van der Waals surface area contributed by atoms with E-state index in [1.54, 1.807) is 31.2 Å². The van der Waals surface area contributed by atoms with Crippen LogP contribution >= 0.6 is 0 Å². The van der Waals surface area contributed by atoms with E-state index in [0.29, 0.717) is 23.1 Å². The Balaban J connectivity index is 2.02. The molecule has 0 saturated carbocycles. The second-order valence-electron chi connectivity index (χ2n) is 7.95. The third-order valence-electron chi connectivity index (χ3n) is 5.61. The molecule has 0 fully saturated rings. The largest absolute Gasteiger partial charge is 0.357 e. The van der Waals surface area contributed by atoms with Crippen molar-refractivity contribution >= 4 is 38.3 Å². The molecule has 3 aromatic rings. The summed E-state index contributed by atoms with van der Waals surface area (Å²) in [5.41, 5.74) is 0.997. The van der Waals surface area contributed by atoms with Gasteiger partial charge in [0.05, 0.1) is 11.9 Å². The van der Waals surface area contributed by atoms with Crippen molar-refractivity contribution in [1.29, 1.82) is 0 Å². The number of hydrogen-bond acceptors (Lipinski definition) is 4. The molecule has 0 heterocycles. The van der Waals surface area contributed by atoms with Crippen LogP contribution < -0.4 is 9.62 Å². The highest BCUT2D eigenvalue weighted by atomic mass is 32.2. The van der Waals surface area contributed by atoms with E-state index in [2.05, 4.69) is 5.32 Å². The van der Waals surface area contributed by atoms with E-state index in [-0.39, 0.29) is 12.5 Å². The van der Waals surface area contributed by atoms with E-state index in [1.165, 1.54) is 36.2 Å². The highest BCUT2D eigenvalue weighted by Gasteiger charge is 2.31. The molecule has 2 amide bonds. The number of halogens is 1. The van der Waals surface area contributed by atoms with Gasteiger partial charge in [-0.05, 0) is 35.6 Å². The summed E-state index contributed by atoms with van der Waals surface area (Å²) in [6.45, 7) is 1.31. The summed E-state index contributed by atoms with van der Waals surface area (Å²) in [5.74, 6) is -1.33. The minimum absolute atomic E-state index is 0.0260. The molecular formula is C25H28FN3O4S. The van der Waals surface area contributed by atoms with Crippen LogP contribution in [0.5, 0.6) is 0 Å². The SMILES string of the molecule is CCC(C(=O)NC)N(Cc1ccc(F)cc1)C(=O)CN(c1cccc2ccccc12)S(C)(=O)=O. The lowest BCUT2D eigenvalue weighted by Crippen LogP contribution is -2.51. The molecule has 180 valence electrons. The van der Waals surface area contributed by atoms with Crippen LogP contribution in [0.3, 0.4) is 0 Å². The molecule has 1 N–H and O–H groups in total. The zero-order chi connectivity index (χ0) is 24.9. The maximum Gasteiger partial charge on any atom is 0.244 e. The molecule has 34 heavy (non-hydrogen) atoms. The fraction of sp³-hybridized carbons (Fsp3) is 0.280. The Morgan fingerprint density at radius 2 is 1.65 bits per heavy atom. The van der Waals surface area contributed by atoms with Gasteiger partial charge in [-0.15, -0.1) is 0 Å². The van der Waals surface area contributed by atoms with Crippen LogP contribution in [0.1, 0.15) is 18.9 Å². The van der Waals surface area contributed by atoms with Gasteiger partial charge in [-0.25, -0.2) is 12.8 Å². The van der Waals surface area contributed by atoms with Gasteiger partial charge in [-0.2, -0.15) is 0 Å². The number of anilines is 1. The number of nitrogens with zero attached hydrogens (tertiary/aromatic N) is 2. The maximum absolute atomic E-state index is 13.6. The fourth-order valence-electron chi connectivity index (χ4n) is 3.89. The van der Waals surface area contributed by atoms with E-state index < -0.39 is 34.3 Å². The average Bonchev–Trinajstić information content (AvgIpc) is 2.82. The number of sulfonamides is 1. The van der Waals surface area contributed by atoms with Crippen molar-refractivity contribution < 1.29 is 22.4 Å². The Labute approximate surface area is 199 Å². The standard InChI is InChI=1S/C25H28FN3O4S/c1-4-22(25(31)27-2)28(16-18-12-14-20(26)15-13-18)24(30)17-29(34(3,32)33)23-11-7-9-19-8-5-6-10-21(19)23/h5-15,22H,4,16-17H2,1-3H3,(H,27,31). The Bertz CT molecular complexity index is 1270. The molecule has 3 aromatic carbocycles. The summed E-state index contributed by atoms with van der Waals surface area (Å²) in [4.78, 5) is 27.5. The van der Waals surface area contributed by atoms with Crippen LogP contribution in [-0.4, -0.2) is 51.0 Å². The lowest BCUT2D eigenvalue weighted by Gasteiger charge is -2.32. The summed E-state index contributed by atoms with van der Waals surface area (Å²) in [5, 5.41) is 4.08. The van der Waals surface area contributed by atoms with Crippen LogP contribution in [-0.2, 0) is 26.2 Å². The molecule has 9 heteroatoms. The molecule has 0 aliphatic rings. The number of fused-ring (bicyclic) bond motifs is 1. The third-order valence-corrected chi connectivity index (χ3v) is 6.74. The molecule has 0 saturated heterocycles. The highest BCUT2D eigenvalue weighted by Crippen LogP contribution is 2.28. The van der Waals surface area contributed by atoms with E-state index in [9.17, 15) is 22.4 Å². The Kier molecular flexibility index (Phi) is 7.88. The molecule has 1 atom stereocenters. The molecule has 0 aliphatic heterocycles. The Hall–Kier alpha value is -3.46. The van der Waals surface area contributed by atoms with E-state index >= 15 is 0 Å². The number of benzene rings is 3. The fourth-order valence-corrected chi connectivity index (χ4v) is 4.75. The van der Waals surface area contributed by atoms with Crippen molar-refractivity contribution in [3.05, 3.63) is 78.1 Å². The zero-order valence-electron chi connectivity index (χ0n) is 19.4. The van der Waals surface area contributed by atoms with Gasteiger partial charge in [0.25, 0.3) is 0 Å². The van der Waals surface area contributed by atoms with Crippen molar-refractivity contribution in [3.8, 4) is 0 Å². The van der Waals surface area contributed by atoms with Gasteiger partial charge in [-0.3, -0.25) is 13.9 Å². The van der Waals surface area contributed by atoms with Crippen LogP contribution in [0.25, 0.3) is 10.8 Å². The second kappa shape index (κ2) is 10.6. The quantitative estimate of drug-likeness (QED) is 0.504. The average molecular weight is 486 g/mol. The molecule has 0 bridgehead atoms. The predicted octanol–water partition coefficient (Wildman–Crippen LogP) is 3.30. The number of likely N-dealkylation sites (N-methyl/N-ethyl adjacent to an activating group) is 1. The minimum Gasteiger partial charge on any atom is -0.357 e. The first kappa shape index (κ1) is 25.2. The van der Waals surface area contributed by atoms with E-state index in [4.69, 9.17) is 0 Å². The normalized spacial score (nSPS) is 12.2. The number of nitrogens with one attached hydrogen (secondary N) is 1. The first-order valence-electron chi connectivity index (χ1n) is 10.9. The lowest BCUT2D eigenvalue weighted by molar-refractivity contribution is -0.140.